The van der Waals surface area contributed by atoms with Crippen molar-refractivity contribution in [3.63, 3.8) is 0 Å². The summed E-state index contributed by atoms with van der Waals surface area (Å²) in [7, 11) is 1.42. The Morgan fingerprint density at radius 2 is 2.27 bits per heavy atom. The number of allylic oxidation sites excluding steroid dienone is 3. The molecule has 1 fully saturated rings. The molecule has 0 aliphatic heterocycles. The third kappa shape index (κ3) is 2.94. The van der Waals surface area contributed by atoms with Crippen LogP contribution in [0.5, 0.6) is 0 Å². The molecule has 4 heteroatoms. The van der Waals surface area contributed by atoms with Crippen LogP contribution in [0.3, 0.4) is 0 Å². The minimum absolute atomic E-state index is 0.217. The minimum Gasteiger partial charge on any atom is -0.483 e. The van der Waals surface area contributed by atoms with E-state index in [0.717, 1.165) is 6.42 Å². The largest absolute Gasteiger partial charge is 0.483 e. The number of rotatable bonds is 1. The molecule has 1 saturated carbocycles. The van der Waals surface area contributed by atoms with Crippen LogP contribution in [-0.4, -0.2) is 24.7 Å². The molecule has 4 nitrogen and oxygen atoms in total. The first-order valence-electron chi connectivity index (χ1n) is 4.75. The smallest absolute Gasteiger partial charge is 0.330 e. The summed E-state index contributed by atoms with van der Waals surface area (Å²) >= 11 is 0. The molecule has 0 spiro atoms. The average molecular weight is 210 g/mol. The molecular formula is C11H14O4. The Morgan fingerprint density at radius 3 is 2.67 bits per heavy atom. The van der Waals surface area contributed by atoms with Gasteiger partial charge in [0.2, 0.25) is 0 Å². The lowest BCUT2D eigenvalue weighted by Crippen LogP contribution is -2.00. The van der Waals surface area contributed by atoms with E-state index in [2.05, 4.69) is 16.9 Å². The Hall–Kier alpha value is -1.58. The normalized spacial score (nSPS) is 28.5. The summed E-state index contributed by atoms with van der Waals surface area (Å²) in [6.07, 6.45) is 8.34. The van der Waals surface area contributed by atoms with Gasteiger partial charge in [-0.3, -0.25) is 4.79 Å². The fourth-order valence-corrected chi connectivity index (χ4v) is 2.03. The van der Waals surface area contributed by atoms with E-state index in [4.69, 9.17) is 9.90 Å². The minimum atomic E-state index is -0.250. The van der Waals surface area contributed by atoms with Gasteiger partial charge in [0.15, 0.2) is 0 Å². The zero-order valence-corrected chi connectivity index (χ0v) is 8.55. The van der Waals surface area contributed by atoms with Gasteiger partial charge in [-0.2, -0.15) is 0 Å². The first kappa shape index (κ1) is 11.5. The molecule has 0 saturated heterocycles. The van der Waals surface area contributed by atoms with Crippen LogP contribution in [0.15, 0.2) is 23.8 Å². The maximum Gasteiger partial charge on any atom is 0.330 e. The molecular weight excluding hydrogens is 196 g/mol. The van der Waals surface area contributed by atoms with Gasteiger partial charge in [-0.15, -0.1) is 0 Å². The van der Waals surface area contributed by atoms with Gasteiger partial charge >= 0.3 is 5.97 Å². The van der Waals surface area contributed by atoms with Gasteiger partial charge in [0.25, 0.3) is 6.47 Å². The van der Waals surface area contributed by atoms with Crippen molar-refractivity contribution in [3.05, 3.63) is 23.8 Å². The Balaban J connectivity index is 0.000000337. The van der Waals surface area contributed by atoms with Crippen LogP contribution in [0.2, 0.25) is 0 Å². The SMILES string of the molecule is COC(=O)C=C1CC2C=CC1C2.O=CO. The van der Waals surface area contributed by atoms with E-state index >= 15 is 0 Å². The van der Waals surface area contributed by atoms with Crippen molar-refractivity contribution in [3.8, 4) is 0 Å². The van der Waals surface area contributed by atoms with Gasteiger partial charge in [0.05, 0.1) is 7.11 Å². The number of methoxy groups -OCH3 is 1. The summed E-state index contributed by atoms with van der Waals surface area (Å²) in [4.78, 5) is 19.3. The second-order valence-corrected chi connectivity index (χ2v) is 3.54. The number of fused-ring (bicyclic) bond motifs is 2. The molecule has 82 valence electrons. The number of esters is 1. The Labute approximate surface area is 88.2 Å². The number of ether oxygens (including phenoxy) is 1. The molecule has 2 atom stereocenters. The molecule has 2 aliphatic carbocycles. The van der Waals surface area contributed by atoms with Gasteiger partial charge in [-0.1, -0.05) is 17.7 Å². The number of carbonyl (C=O) groups excluding carboxylic acids is 1. The van der Waals surface area contributed by atoms with Crippen molar-refractivity contribution in [2.75, 3.05) is 7.11 Å². The summed E-state index contributed by atoms with van der Waals surface area (Å²) in [6.45, 7) is -0.250. The Bertz CT molecular complexity index is 304. The topological polar surface area (TPSA) is 63.6 Å². The van der Waals surface area contributed by atoms with Crippen LogP contribution in [0.25, 0.3) is 0 Å². The number of hydrogen-bond donors (Lipinski definition) is 1. The number of carbonyl (C=O) groups is 2. The summed E-state index contributed by atoms with van der Waals surface area (Å²) in [5, 5.41) is 6.89. The van der Waals surface area contributed by atoms with Crippen LogP contribution in [0.1, 0.15) is 12.8 Å². The quantitative estimate of drug-likeness (QED) is 0.307. The van der Waals surface area contributed by atoms with E-state index in [9.17, 15) is 4.79 Å². The second kappa shape index (κ2) is 5.34. The van der Waals surface area contributed by atoms with Crippen LogP contribution in [-0.2, 0) is 14.3 Å². The first-order valence-corrected chi connectivity index (χ1v) is 4.75. The van der Waals surface area contributed by atoms with Crippen molar-refractivity contribution in [1.82, 2.24) is 0 Å². The van der Waals surface area contributed by atoms with Crippen LogP contribution >= 0.6 is 0 Å². The highest BCUT2D eigenvalue weighted by Crippen LogP contribution is 2.42. The van der Waals surface area contributed by atoms with Gasteiger partial charge < -0.3 is 9.84 Å². The van der Waals surface area contributed by atoms with Crippen LogP contribution in [0.4, 0.5) is 0 Å². The van der Waals surface area contributed by atoms with E-state index < -0.39 is 0 Å². The number of hydrogen-bond acceptors (Lipinski definition) is 3. The molecule has 2 rings (SSSR count). The van der Waals surface area contributed by atoms with E-state index in [1.807, 2.05) is 0 Å². The Kier molecular flexibility index (Phi) is 4.09. The third-order valence-electron chi connectivity index (χ3n) is 2.65. The van der Waals surface area contributed by atoms with Gasteiger partial charge in [0, 0.05) is 6.08 Å². The van der Waals surface area contributed by atoms with Crippen molar-refractivity contribution >= 4 is 12.4 Å². The summed E-state index contributed by atoms with van der Waals surface area (Å²) in [5.74, 6) is 0.992. The molecule has 0 amide bonds. The molecule has 0 heterocycles. The zero-order valence-electron chi connectivity index (χ0n) is 8.55. The fourth-order valence-electron chi connectivity index (χ4n) is 2.03. The average Bonchev–Trinajstić information content (AvgIpc) is 2.80. The molecule has 2 aliphatic rings. The predicted molar refractivity (Wildman–Crippen MR) is 54.1 cm³/mol. The lowest BCUT2D eigenvalue weighted by molar-refractivity contribution is -0.135. The predicted octanol–water partition coefficient (Wildman–Crippen LogP) is 1.38. The molecule has 0 aromatic rings. The highest BCUT2D eigenvalue weighted by molar-refractivity contribution is 5.83. The van der Waals surface area contributed by atoms with E-state index in [1.165, 1.54) is 19.1 Å². The van der Waals surface area contributed by atoms with E-state index in [-0.39, 0.29) is 12.4 Å². The highest BCUT2D eigenvalue weighted by Gasteiger charge is 2.31. The third-order valence-corrected chi connectivity index (χ3v) is 2.65. The van der Waals surface area contributed by atoms with Crippen LogP contribution in [0, 0.1) is 11.8 Å². The Morgan fingerprint density at radius 1 is 1.60 bits per heavy atom. The summed E-state index contributed by atoms with van der Waals surface area (Å²) in [5.41, 5.74) is 1.24. The molecule has 0 aromatic carbocycles. The van der Waals surface area contributed by atoms with Gasteiger partial charge in [-0.25, -0.2) is 4.79 Å². The van der Waals surface area contributed by atoms with Crippen molar-refractivity contribution in [2.24, 2.45) is 11.8 Å². The highest BCUT2D eigenvalue weighted by atomic mass is 16.5. The summed E-state index contributed by atoms with van der Waals surface area (Å²) in [6, 6.07) is 0. The summed E-state index contributed by atoms with van der Waals surface area (Å²) < 4.78 is 4.58. The van der Waals surface area contributed by atoms with Crippen LogP contribution < -0.4 is 0 Å². The second-order valence-electron chi connectivity index (χ2n) is 3.54. The standard InChI is InChI=1S/C10H12O2.CH2O2/c1-12-10(11)6-9-5-7-2-3-8(9)4-7;2-1-3/h2-3,6-8H,4-5H2,1H3;1H,(H,2,3). The molecule has 2 unspecified atom stereocenters. The molecule has 15 heavy (non-hydrogen) atoms. The molecule has 0 aromatic heterocycles. The maximum atomic E-state index is 10.9. The van der Waals surface area contributed by atoms with Gasteiger partial charge in [0.1, 0.15) is 0 Å². The zero-order chi connectivity index (χ0) is 11.3. The fraction of sp³-hybridized carbons (Fsp3) is 0.455. The molecule has 1 N–H and O–H groups in total. The van der Waals surface area contributed by atoms with E-state index in [0.29, 0.717) is 11.8 Å². The monoisotopic (exact) mass is 210 g/mol. The lowest BCUT2D eigenvalue weighted by atomic mass is 10.0. The lowest BCUT2D eigenvalue weighted by Gasteiger charge is -2.06. The number of carboxylic acid groups (broad SMARTS) is 1. The molecule has 0 radical (unpaired) electrons. The van der Waals surface area contributed by atoms with E-state index in [1.54, 1.807) is 6.08 Å². The molecule has 2 bridgehead atoms. The van der Waals surface area contributed by atoms with Crippen molar-refractivity contribution in [2.45, 2.75) is 12.8 Å². The maximum absolute atomic E-state index is 10.9. The van der Waals surface area contributed by atoms with Crippen molar-refractivity contribution in [1.29, 1.82) is 0 Å². The van der Waals surface area contributed by atoms with Crippen molar-refractivity contribution < 1.29 is 19.4 Å². The first-order chi connectivity index (χ1) is 7.21. The van der Waals surface area contributed by atoms with Gasteiger partial charge in [-0.05, 0) is 24.7 Å².